The Morgan fingerprint density at radius 3 is 3.06 bits per heavy atom. The third-order valence-electron chi connectivity index (χ3n) is 2.38. The Morgan fingerprint density at radius 2 is 2.31 bits per heavy atom. The molecule has 2 rings (SSSR count). The van der Waals surface area contributed by atoms with Crippen LogP contribution in [0.4, 0.5) is 0 Å². The number of benzene rings is 1. The summed E-state index contributed by atoms with van der Waals surface area (Å²) in [6.45, 7) is 3.93. The molecule has 3 nitrogen and oxygen atoms in total. The quantitative estimate of drug-likeness (QED) is 0.827. The molecule has 0 radical (unpaired) electrons. The number of hydrogen-bond acceptors (Lipinski definition) is 3. The van der Waals surface area contributed by atoms with Gasteiger partial charge in [0.1, 0.15) is 5.78 Å². The fourth-order valence-electron chi connectivity index (χ4n) is 1.42. The fraction of sp³-hybridized carbons (Fsp3) is 0.333. The molecule has 0 fully saturated rings. The summed E-state index contributed by atoms with van der Waals surface area (Å²) in [5.41, 5.74) is 3.20. The number of aromatic amines is 1. The first-order valence-corrected chi connectivity index (χ1v) is 6.28. The van der Waals surface area contributed by atoms with Crippen LogP contribution in [-0.4, -0.2) is 21.5 Å². The van der Waals surface area contributed by atoms with Gasteiger partial charge in [0.05, 0.1) is 16.8 Å². The Kier molecular flexibility index (Phi) is 3.29. The summed E-state index contributed by atoms with van der Waals surface area (Å²) in [5.74, 6) is 0.747. The molecule has 0 aliphatic heterocycles. The molecule has 0 aliphatic carbocycles. The summed E-state index contributed by atoms with van der Waals surface area (Å²) in [5, 5.41) is 0.822. The molecule has 4 heteroatoms. The number of aryl methyl sites for hydroxylation is 1. The zero-order valence-corrected chi connectivity index (χ0v) is 10.2. The Balaban J connectivity index is 2.16. The maximum Gasteiger partial charge on any atom is 0.166 e. The second-order valence-electron chi connectivity index (χ2n) is 3.74. The smallest absolute Gasteiger partial charge is 0.166 e. The molecule has 0 bridgehead atoms. The van der Waals surface area contributed by atoms with Crippen molar-refractivity contribution in [3.63, 3.8) is 0 Å². The summed E-state index contributed by atoms with van der Waals surface area (Å²) >= 11 is 1.47. The van der Waals surface area contributed by atoms with Gasteiger partial charge in [-0.2, -0.15) is 0 Å². The monoisotopic (exact) mass is 234 g/mol. The van der Waals surface area contributed by atoms with Crippen LogP contribution in [0.2, 0.25) is 0 Å². The fourth-order valence-corrected chi connectivity index (χ4v) is 2.27. The number of nitrogens with one attached hydrogen (secondary N) is 1. The van der Waals surface area contributed by atoms with Crippen LogP contribution >= 0.6 is 11.8 Å². The van der Waals surface area contributed by atoms with Crippen molar-refractivity contribution in [2.24, 2.45) is 0 Å². The van der Waals surface area contributed by atoms with Crippen molar-refractivity contribution in [1.29, 1.82) is 0 Å². The number of imidazole rings is 1. The van der Waals surface area contributed by atoms with E-state index < -0.39 is 0 Å². The van der Waals surface area contributed by atoms with Crippen molar-refractivity contribution >= 4 is 28.6 Å². The average molecular weight is 234 g/mol. The van der Waals surface area contributed by atoms with Crippen LogP contribution < -0.4 is 0 Å². The molecule has 16 heavy (non-hydrogen) atoms. The first kappa shape index (κ1) is 11.2. The van der Waals surface area contributed by atoms with Gasteiger partial charge >= 0.3 is 0 Å². The van der Waals surface area contributed by atoms with Gasteiger partial charge in [0.25, 0.3) is 0 Å². The van der Waals surface area contributed by atoms with E-state index in [9.17, 15) is 4.79 Å². The second kappa shape index (κ2) is 4.70. The number of rotatable bonds is 4. The van der Waals surface area contributed by atoms with Crippen molar-refractivity contribution in [1.82, 2.24) is 9.97 Å². The molecule has 0 spiro atoms. The van der Waals surface area contributed by atoms with E-state index in [1.54, 1.807) is 0 Å². The topological polar surface area (TPSA) is 45.8 Å². The lowest BCUT2D eigenvalue weighted by atomic mass is 10.2. The van der Waals surface area contributed by atoms with Gasteiger partial charge in [-0.05, 0) is 24.6 Å². The maximum atomic E-state index is 11.2. The summed E-state index contributed by atoms with van der Waals surface area (Å²) < 4.78 is 0. The lowest BCUT2D eigenvalue weighted by Crippen LogP contribution is -1.98. The summed E-state index contributed by atoms with van der Waals surface area (Å²) in [6.07, 6.45) is 0.590. The van der Waals surface area contributed by atoms with Crippen molar-refractivity contribution in [3.05, 3.63) is 23.8 Å². The van der Waals surface area contributed by atoms with Gasteiger partial charge in [-0.1, -0.05) is 24.8 Å². The van der Waals surface area contributed by atoms with Gasteiger partial charge in [0, 0.05) is 6.42 Å². The van der Waals surface area contributed by atoms with Crippen molar-refractivity contribution in [2.45, 2.75) is 25.4 Å². The van der Waals surface area contributed by atoms with Crippen molar-refractivity contribution in [2.75, 3.05) is 5.75 Å². The van der Waals surface area contributed by atoms with Crippen LogP contribution in [0.5, 0.6) is 0 Å². The van der Waals surface area contributed by atoms with E-state index >= 15 is 0 Å². The number of aromatic nitrogens is 2. The summed E-state index contributed by atoms with van der Waals surface area (Å²) in [4.78, 5) is 18.8. The van der Waals surface area contributed by atoms with Crippen LogP contribution in [0.1, 0.15) is 18.9 Å². The van der Waals surface area contributed by atoms with E-state index in [4.69, 9.17) is 0 Å². The van der Waals surface area contributed by atoms with E-state index in [0.717, 1.165) is 16.2 Å². The number of ketones is 1. The third kappa shape index (κ3) is 2.44. The maximum absolute atomic E-state index is 11.2. The summed E-state index contributed by atoms with van der Waals surface area (Å²) in [7, 11) is 0. The van der Waals surface area contributed by atoms with Gasteiger partial charge in [-0.3, -0.25) is 4.79 Å². The average Bonchev–Trinajstić information content (AvgIpc) is 2.67. The standard InChI is InChI=1S/C12H14N2OS/c1-3-9(15)7-16-12-13-10-5-4-8(2)6-11(10)14-12/h4-6H,3,7H2,1-2H3,(H,13,14). The molecular formula is C12H14N2OS. The van der Waals surface area contributed by atoms with Gasteiger partial charge < -0.3 is 4.98 Å². The molecule has 0 saturated heterocycles. The Hall–Kier alpha value is -1.29. The number of carbonyl (C=O) groups excluding carboxylic acids is 1. The second-order valence-corrected chi connectivity index (χ2v) is 4.71. The lowest BCUT2D eigenvalue weighted by Gasteiger charge is -1.93. The number of nitrogens with zero attached hydrogens (tertiary/aromatic N) is 1. The van der Waals surface area contributed by atoms with Crippen LogP contribution in [0.15, 0.2) is 23.4 Å². The SMILES string of the molecule is CCC(=O)CSc1nc2ccc(C)cc2[nH]1. The zero-order valence-electron chi connectivity index (χ0n) is 9.41. The van der Waals surface area contributed by atoms with E-state index in [-0.39, 0.29) is 5.78 Å². The lowest BCUT2D eigenvalue weighted by molar-refractivity contribution is -0.116. The molecule has 0 saturated carbocycles. The number of hydrogen-bond donors (Lipinski definition) is 1. The number of fused-ring (bicyclic) bond motifs is 1. The summed E-state index contributed by atoms with van der Waals surface area (Å²) in [6, 6.07) is 6.09. The molecule has 0 unspecified atom stereocenters. The Labute approximate surface area is 98.7 Å². The number of thioether (sulfide) groups is 1. The molecule has 2 aromatic rings. The predicted molar refractivity (Wildman–Crippen MR) is 66.9 cm³/mol. The van der Waals surface area contributed by atoms with E-state index in [1.807, 2.05) is 26.0 Å². The molecule has 1 aromatic heterocycles. The van der Waals surface area contributed by atoms with Gasteiger partial charge in [-0.15, -0.1) is 0 Å². The molecule has 1 N–H and O–H groups in total. The number of H-pyrrole nitrogens is 1. The van der Waals surface area contributed by atoms with Crippen molar-refractivity contribution in [3.8, 4) is 0 Å². The molecule has 1 aromatic carbocycles. The van der Waals surface area contributed by atoms with Gasteiger partial charge in [0.2, 0.25) is 0 Å². The highest BCUT2D eigenvalue weighted by molar-refractivity contribution is 7.99. The van der Waals surface area contributed by atoms with E-state index in [1.165, 1.54) is 17.3 Å². The molecule has 0 amide bonds. The molecule has 0 atom stereocenters. The van der Waals surface area contributed by atoms with Crippen LogP contribution in [0, 0.1) is 6.92 Å². The highest BCUT2D eigenvalue weighted by Crippen LogP contribution is 2.20. The molecule has 0 aliphatic rings. The van der Waals surface area contributed by atoms with Crippen LogP contribution in [0.3, 0.4) is 0 Å². The van der Waals surface area contributed by atoms with Crippen LogP contribution in [-0.2, 0) is 4.79 Å². The largest absolute Gasteiger partial charge is 0.333 e. The van der Waals surface area contributed by atoms with E-state index in [0.29, 0.717) is 12.2 Å². The van der Waals surface area contributed by atoms with Crippen molar-refractivity contribution < 1.29 is 4.79 Å². The molecule has 84 valence electrons. The minimum absolute atomic E-state index is 0.252. The predicted octanol–water partition coefficient (Wildman–Crippen LogP) is 2.94. The first-order chi connectivity index (χ1) is 7.69. The highest BCUT2D eigenvalue weighted by atomic mass is 32.2. The van der Waals surface area contributed by atoms with Crippen LogP contribution in [0.25, 0.3) is 11.0 Å². The minimum Gasteiger partial charge on any atom is -0.333 e. The molecular weight excluding hydrogens is 220 g/mol. The van der Waals surface area contributed by atoms with Gasteiger partial charge in [0.15, 0.2) is 5.16 Å². The number of carbonyl (C=O) groups is 1. The first-order valence-electron chi connectivity index (χ1n) is 5.30. The normalized spacial score (nSPS) is 10.9. The van der Waals surface area contributed by atoms with Gasteiger partial charge in [-0.25, -0.2) is 4.98 Å². The van der Waals surface area contributed by atoms with E-state index in [2.05, 4.69) is 16.0 Å². The number of Topliss-reactive ketones (excluding diaryl/α,β-unsaturated/α-hetero) is 1. The minimum atomic E-state index is 0.252. The Morgan fingerprint density at radius 1 is 1.50 bits per heavy atom. The highest BCUT2D eigenvalue weighted by Gasteiger charge is 2.05. The zero-order chi connectivity index (χ0) is 11.5. The molecule has 1 heterocycles. The Bertz CT molecular complexity index is 519. The third-order valence-corrected chi connectivity index (χ3v) is 3.31.